The summed E-state index contributed by atoms with van der Waals surface area (Å²) in [5, 5.41) is 0. The van der Waals surface area contributed by atoms with Crippen molar-refractivity contribution in [2.24, 2.45) is 0 Å². The van der Waals surface area contributed by atoms with Gasteiger partial charge in [0.25, 0.3) is 0 Å². The van der Waals surface area contributed by atoms with Gasteiger partial charge in [-0.1, -0.05) is 56.3 Å². The predicted molar refractivity (Wildman–Crippen MR) is 140 cm³/mol. The van der Waals surface area contributed by atoms with Gasteiger partial charge in [0.2, 0.25) is 5.91 Å². The molecule has 4 heteroatoms. The zero-order chi connectivity index (χ0) is 23.8. The van der Waals surface area contributed by atoms with E-state index >= 15 is 0 Å². The first-order chi connectivity index (χ1) is 16.4. The minimum atomic E-state index is 0.0703. The molecule has 0 radical (unpaired) electrons. The van der Waals surface area contributed by atoms with Gasteiger partial charge < -0.3 is 9.47 Å². The third kappa shape index (κ3) is 4.13. The molecule has 5 rings (SSSR count). The van der Waals surface area contributed by atoms with Crippen molar-refractivity contribution in [1.29, 1.82) is 0 Å². The number of carbonyl (C=O) groups excluding carboxylic acids is 1. The van der Waals surface area contributed by atoms with Crippen molar-refractivity contribution >= 4 is 22.6 Å². The van der Waals surface area contributed by atoms with Crippen LogP contribution in [0.5, 0.6) is 0 Å². The fraction of sp³-hybridized carbons (Fsp3) is 0.333. The molecule has 0 saturated carbocycles. The van der Waals surface area contributed by atoms with Crippen LogP contribution in [0.1, 0.15) is 66.6 Å². The van der Waals surface area contributed by atoms with Crippen LogP contribution < -0.4 is 4.90 Å². The van der Waals surface area contributed by atoms with Crippen molar-refractivity contribution in [2.45, 2.75) is 58.9 Å². The van der Waals surface area contributed by atoms with Crippen LogP contribution in [0.3, 0.4) is 0 Å². The summed E-state index contributed by atoms with van der Waals surface area (Å²) < 4.78 is 2.31. The summed E-state index contributed by atoms with van der Waals surface area (Å²) in [7, 11) is 0. The Labute approximate surface area is 202 Å². The van der Waals surface area contributed by atoms with E-state index in [-0.39, 0.29) is 11.8 Å². The largest absolute Gasteiger partial charge is 0.323 e. The Morgan fingerprint density at radius 2 is 1.76 bits per heavy atom. The lowest BCUT2D eigenvalue weighted by atomic mass is 9.97. The van der Waals surface area contributed by atoms with Gasteiger partial charge in [-0.15, -0.1) is 0 Å². The molecule has 1 amide bonds. The quantitative estimate of drug-likeness (QED) is 0.326. The van der Waals surface area contributed by atoms with Crippen LogP contribution in [0.15, 0.2) is 66.7 Å². The SMILES string of the molecule is CCC(C)c1ccc(Cn2c(C3CC(=O)N(c4ccc(C)c(C)c4)C3)nc3ccccc32)cc1. The highest BCUT2D eigenvalue weighted by Gasteiger charge is 2.35. The molecule has 0 N–H and O–H groups in total. The van der Waals surface area contributed by atoms with E-state index in [4.69, 9.17) is 4.98 Å². The minimum Gasteiger partial charge on any atom is -0.323 e. The first-order valence-electron chi connectivity index (χ1n) is 12.4. The maximum atomic E-state index is 13.1. The fourth-order valence-electron chi connectivity index (χ4n) is 4.97. The predicted octanol–water partition coefficient (Wildman–Crippen LogP) is 6.74. The third-order valence-corrected chi connectivity index (χ3v) is 7.48. The van der Waals surface area contributed by atoms with Gasteiger partial charge in [0.15, 0.2) is 0 Å². The number of benzene rings is 3. The van der Waals surface area contributed by atoms with Gasteiger partial charge in [0.05, 0.1) is 11.0 Å². The molecule has 174 valence electrons. The summed E-state index contributed by atoms with van der Waals surface area (Å²) >= 11 is 0. The number of rotatable bonds is 6. The average molecular weight is 452 g/mol. The van der Waals surface area contributed by atoms with E-state index in [1.54, 1.807) is 0 Å². The highest BCUT2D eigenvalue weighted by Crippen LogP contribution is 2.34. The van der Waals surface area contributed by atoms with E-state index < -0.39 is 0 Å². The Hall–Kier alpha value is -3.40. The van der Waals surface area contributed by atoms with Gasteiger partial charge in [0, 0.05) is 31.1 Å². The Morgan fingerprint density at radius 1 is 1.00 bits per heavy atom. The summed E-state index contributed by atoms with van der Waals surface area (Å²) in [6.07, 6.45) is 1.63. The van der Waals surface area contributed by atoms with Crippen LogP contribution in [0.4, 0.5) is 5.69 Å². The summed E-state index contributed by atoms with van der Waals surface area (Å²) in [5.74, 6) is 1.82. The van der Waals surface area contributed by atoms with Crippen LogP contribution >= 0.6 is 0 Å². The smallest absolute Gasteiger partial charge is 0.227 e. The minimum absolute atomic E-state index is 0.0703. The van der Waals surface area contributed by atoms with Gasteiger partial charge in [-0.2, -0.15) is 0 Å². The number of amides is 1. The normalized spacial score (nSPS) is 17.0. The van der Waals surface area contributed by atoms with Crippen molar-refractivity contribution in [1.82, 2.24) is 9.55 Å². The molecule has 1 saturated heterocycles. The van der Waals surface area contributed by atoms with Crippen molar-refractivity contribution in [3.8, 4) is 0 Å². The second kappa shape index (κ2) is 9.09. The third-order valence-electron chi connectivity index (χ3n) is 7.48. The molecule has 3 aromatic carbocycles. The number of carbonyl (C=O) groups is 1. The van der Waals surface area contributed by atoms with Crippen molar-refractivity contribution in [2.75, 3.05) is 11.4 Å². The molecule has 2 unspecified atom stereocenters. The maximum Gasteiger partial charge on any atom is 0.227 e. The van der Waals surface area contributed by atoms with Gasteiger partial charge in [-0.3, -0.25) is 4.79 Å². The first kappa shape index (κ1) is 22.4. The lowest BCUT2D eigenvalue weighted by molar-refractivity contribution is -0.117. The Kier molecular flexibility index (Phi) is 5.99. The second-order valence-corrected chi connectivity index (χ2v) is 9.77. The number of aryl methyl sites for hydroxylation is 2. The first-order valence-corrected chi connectivity index (χ1v) is 12.4. The molecule has 4 aromatic rings. The lowest BCUT2D eigenvalue weighted by Crippen LogP contribution is -2.24. The summed E-state index contributed by atoms with van der Waals surface area (Å²) in [6, 6.07) is 23.6. The van der Waals surface area contributed by atoms with E-state index in [9.17, 15) is 4.79 Å². The van der Waals surface area contributed by atoms with E-state index in [2.05, 4.69) is 92.9 Å². The number of imidazole rings is 1. The zero-order valence-corrected chi connectivity index (χ0v) is 20.6. The van der Waals surface area contributed by atoms with E-state index in [0.717, 1.165) is 35.5 Å². The molecule has 0 spiro atoms. The van der Waals surface area contributed by atoms with E-state index in [1.807, 2.05) is 11.0 Å². The molecule has 1 aromatic heterocycles. The lowest BCUT2D eigenvalue weighted by Gasteiger charge is -2.19. The fourth-order valence-corrected chi connectivity index (χ4v) is 4.97. The zero-order valence-electron chi connectivity index (χ0n) is 20.6. The Bertz CT molecular complexity index is 1340. The molecule has 2 atom stereocenters. The van der Waals surface area contributed by atoms with Crippen molar-refractivity contribution in [3.63, 3.8) is 0 Å². The van der Waals surface area contributed by atoms with Crippen molar-refractivity contribution in [3.05, 3.63) is 94.8 Å². The number of anilines is 1. The average Bonchev–Trinajstić information content (AvgIpc) is 3.41. The van der Waals surface area contributed by atoms with Gasteiger partial charge >= 0.3 is 0 Å². The van der Waals surface area contributed by atoms with Gasteiger partial charge in [0.1, 0.15) is 5.82 Å². The molecule has 2 heterocycles. The molecule has 4 nitrogen and oxygen atoms in total. The molecule has 0 aliphatic carbocycles. The molecule has 0 bridgehead atoms. The summed E-state index contributed by atoms with van der Waals surface area (Å²) in [6.45, 7) is 10.1. The molecule has 1 aliphatic rings. The number of para-hydroxylation sites is 2. The van der Waals surface area contributed by atoms with Crippen LogP contribution in [0, 0.1) is 13.8 Å². The van der Waals surface area contributed by atoms with Crippen LogP contribution in [0.2, 0.25) is 0 Å². The second-order valence-electron chi connectivity index (χ2n) is 9.77. The van der Waals surface area contributed by atoms with Crippen LogP contribution in [0.25, 0.3) is 11.0 Å². The summed E-state index contributed by atoms with van der Waals surface area (Å²) in [5.41, 5.74) is 8.19. The topological polar surface area (TPSA) is 38.1 Å². The molecule has 1 fully saturated rings. The van der Waals surface area contributed by atoms with Gasteiger partial charge in [-0.05, 0) is 72.7 Å². The highest BCUT2D eigenvalue weighted by atomic mass is 16.2. The van der Waals surface area contributed by atoms with Crippen molar-refractivity contribution < 1.29 is 4.79 Å². The van der Waals surface area contributed by atoms with E-state index in [1.165, 1.54) is 22.3 Å². The standard InChI is InChI=1S/C30H33N3O/c1-5-20(2)24-13-11-23(12-14-24)18-33-28-9-7-6-8-27(28)31-30(33)25-17-29(34)32(19-25)26-15-10-21(3)22(4)16-26/h6-16,20,25H,5,17-19H2,1-4H3. The molecular formula is C30H33N3O. The number of hydrogen-bond donors (Lipinski definition) is 0. The van der Waals surface area contributed by atoms with Crippen LogP contribution in [-0.4, -0.2) is 22.0 Å². The molecular weight excluding hydrogens is 418 g/mol. The Balaban J connectivity index is 1.47. The monoisotopic (exact) mass is 451 g/mol. The highest BCUT2D eigenvalue weighted by molar-refractivity contribution is 5.96. The Morgan fingerprint density at radius 3 is 2.50 bits per heavy atom. The number of aromatic nitrogens is 2. The number of hydrogen-bond acceptors (Lipinski definition) is 2. The number of nitrogens with zero attached hydrogens (tertiary/aromatic N) is 3. The molecule has 34 heavy (non-hydrogen) atoms. The van der Waals surface area contributed by atoms with Gasteiger partial charge in [-0.25, -0.2) is 4.98 Å². The summed E-state index contributed by atoms with van der Waals surface area (Å²) in [4.78, 5) is 20.0. The number of fused-ring (bicyclic) bond motifs is 1. The van der Waals surface area contributed by atoms with Crippen LogP contribution in [-0.2, 0) is 11.3 Å². The molecule has 1 aliphatic heterocycles. The van der Waals surface area contributed by atoms with E-state index in [0.29, 0.717) is 18.9 Å². The maximum absolute atomic E-state index is 13.1.